The first-order valence-corrected chi connectivity index (χ1v) is 8.58. The molecule has 1 unspecified atom stereocenters. The minimum absolute atomic E-state index is 0.221. The van der Waals surface area contributed by atoms with Gasteiger partial charge < -0.3 is 15.1 Å². The van der Waals surface area contributed by atoms with Gasteiger partial charge in [0.25, 0.3) is 0 Å². The molecule has 0 amide bonds. The molecule has 0 bridgehead atoms. The number of aliphatic hydroxyl groups excluding tert-OH is 1. The van der Waals surface area contributed by atoms with Crippen LogP contribution >= 0.6 is 0 Å². The maximum absolute atomic E-state index is 10.2. The highest BCUT2D eigenvalue weighted by Crippen LogP contribution is 2.32. The van der Waals surface area contributed by atoms with Gasteiger partial charge in [0.15, 0.2) is 5.82 Å². The molecule has 1 fully saturated rings. The van der Waals surface area contributed by atoms with Crippen LogP contribution in [0, 0.1) is 19.8 Å². The van der Waals surface area contributed by atoms with Crippen LogP contribution in [0.5, 0.6) is 5.75 Å². The number of aromatic nitrogens is 2. The minimum atomic E-state index is 0.221. The molecule has 1 atom stereocenters. The van der Waals surface area contributed by atoms with E-state index in [0.29, 0.717) is 11.6 Å². The lowest BCUT2D eigenvalue weighted by atomic mass is 10.0. The van der Waals surface area contributed by atoms with Crippen LogP contribution in [-0.4, -0.2) is 40.1 Å². The Bertz CT molecular complexity index is 677. The van der Waals surface area contributed by atoms with Gasteiger partial charge >= 0.3 is 0 Å². The zero-order valence-electron chi connectivity index (χ0n) is 14.4. The summed E-state index contributed by atoms with van der Waals surface area (Å²) in [5, 5.41) is 28.4. The van der Waals surface area contributed by atoms with E-state index in [2.05, 4.69) is 15.1 Å². The number of benzene rings is 1. The van der Waals surface area contributed by atoms with Crippen LogP contribution in [0.15, 0.2) is 24.3 Å². The average Bonchev–Trinajstić information content (AvgIpc) is 2.80. The summed E-state index contributed by atoms with van der Waals surface area (Å²) < 4.78 is 0. The number of phenols is 1. The molecule has 1 aliphatic heterocycles. The highest BCUT2D eigenvalue weighted by atomic mass is 16.3. The molecule has 5 nitrogen and oxygen atoms in total. The summed E-state index contributed by atoms with van der Waals surface area (Å²) in [6, 6.07) is 7.66. The number of hydrogen-bond acceptors (Lipinski definition) is 5. The fourth-order valence-electron chi connectivity index (χ4n) is 3.49. The predicted octanol–water partition coefficient (Wildman–Crippen LogP) is 3.06. The Kier molecular flexibility index (Phi) is 5.00. The summed E-state index contributed by atoms with van der Waals surface area (Å²) >= 11 is 0. The molecular formula is C19H25N3O2. The third kappa shape index (κ3) is 3.51. The molecule has 2 N–H and O–H groups in total. The van der Waals surface area contributed by atoms with Gasteiger partial charge in [0.1, 0.15) is 5.75 Å². The summed E-state index contributed by atoms with van der Waals surface area (Å²) in [5.74, 6) is 1.38. The van der Waals surface area contributed by atoms with E-state index in [1.165, 1.54) is 0 Å². The monoisotopic (exact) mass is 327 g/mol. The van der Waals surface area contributed by atoms with Crippen LogP contribution < -0.4 is 4.90 Å². The second-order valence-electron chi connectivity index (χ2n) is 6.74. The molecule has 128 valence electrons. The average molecular weight is 327 g/mol. The van der Waals surface area contributed by atoms with Gasteiger partial charge in [-0.3, -0.25) is 0 Å². The van der Waals surface area contributed by atoms with E-state index in [4.69, 9.17) is 0 Å². The number of anilines is 1. The number of hydrogen-bond donors (Lipinski definition) is 2. The van der Waals surface area contributed by atoms with E-state index in [-0.39, 0.29) is 12.4 Å². The zero-order chi connectivity index (χ0) is 17.1. The van der Waals surface area contributed by atoms with Gasteiger partial charge in [-0.25, -0.2) is 0 Å². The Morgan fingerprint density at radius 2 is 2.00 bits per heavy atom. The van der Waals surface area contributed by atoms with Crippen molar-refractivity contribution in [3.63, 3.8) is 0 Å². The Hall–Kier alpha value is -2.14. The molecule has 0 radical (unpaired) electrons. The molecule has 3 rings (SSSR count). The molecule has 1 saturated heterocycles. The second kappa shape index (κ2) is 7.18. The predicted molar refractivity (Wildman–Crippen MR) is 95.2 cm³/mol. The van der Waals surface area contributed by atoms with Crippen molar-refractivity contribution in [2.45, 2.75) is 33.1 Å². The van der Waals surface area contributed by atoms with Crippen LogP contribution in [0.25, 0.3) is 11.3 Å². The Morgan fingerprint density at radius 1 is 1.17 bits per heavy atom. The SMILES string of the molecule is Cc1cc(C)c(-c2ccc(N3CCCCC(CO)C3)nn2)c(O)c1. The van der Waals surface area contributed by atoms with Crippen molar-refractivity contribution in [2.24, 2.45) is 5.92 Å². The molecule has 1 aromatic carbocycles. The molecule has 1 aromatic heterocycles. The number of aryl methyl sites for hydroxylation is 2. The maximum Gasteiger partial charge on any atom is 0.151 e. The van der Waals surface area contributed by atoms with E-state index < -0.39 is 0 Å². The lowest BCUT2D eigenvalue weighted by Gasteiger charge is -2.24. The van der Waals surface area contributed by atoms with Crippen LogP contribution in [0.3, 0.4) is 0 Å². The number of nitrogens with zero attached hydrogens (tertiary/aromatic N) is 3. The standard InChI is InChI=1S/C19H25N3O2/c1-13-9-14(2)19(17(24)10-13)16-6-7-18(21-20-16)22-8-4-3-5-15(11-22)12-23/h6-7,9-10,15,23-24H,3-5,8,11-12H2,1-2H3. The third-order valence-corrected chi connectivity index (χ3v) is 4.72. The van der Waals surface area contributed by atoms with Gasteiger partial charge in [0.05, 0.1) is 5.69 Å². The largest absolute Gasteiger partial charge is 0.507 e. The van der Waals surface area contributed by atoms with Crippen molar-refractivity contribution in [1.29, 1.82) is 0 Å². The highest BCUT2D eigenvalue weighted by Gasteiger charge is 2.19. The van der Waals surface area contributed by atoms with Crippen molar-refractivity contribution < 1.29 is 10.2 Å². The van der Waals surface area contributed by atoms with E-state index in [0.717, 1.165) is 54.9 Å². The van der Waals surface area contributed by atoms with Gasteiger partial charge in [0, 0.05) is 25.3 Å². The lowest BCUT2D eigenvalue weighted by molar-refractivity contribution is 0.223. The van der Waals surface area contributed by atoms with E-state index in [1.54, 1.807) is 6.07 Å². The van der Waals surface area contributed by atoms with Crippen molar-refractivity contribution in [3.8, 4) is 17.0 Å². The molecule has 2 heterocycles. The Balaban J connectivity index is 1.86. The number of rotatable bonds is 3. The zero-order valence-corrected chi connectivity index (χ0v) is 14.4. The quantitative estimate of drug-likeness (QED) is 0.907. The lowest BCUT2D eigenvalue weighted by Crippen LogP contribution is -2.30. The van der Waals surface area contributed by atoms with Crippen LogP contribution in [0.1, 0.15) is 30.4 Å². The fourth-order valence-corrected chi connectivity index (χ4v) is 3.49. The first kappa shape index (κ1) is 16.7. The summed E-state index contributed by atoms with van der Waals surface area (Å²) in [4.78, 5) is 2.20. The molecule has 1 aliphatic rings. The van der Waals surface area contributed by atoms with Crippen molar-refractivity contribution >= 4 is 5.82 Å². The molecule has 24 heavy (non-hydrogen) atoms. The fraction of sp³-hybridized carbons (Fsp3) is 0.474. The van der Waals surface area contributed by atoms with Gasteiger partial charge in [-0.05, 0) is 61.9 Å². The van der Waals surface area contributed by atoms with Crippen LogP contribution in [0.2, 0.25) is 0 Å². The van der Waals surface area contributed by atoms with Crippen molar-refractivity contribution in [3.05, 3.63) is 35.4 Å². The van der Waals surface area contributed by atoms with Gasteiger partial charge in [-0.2, -0.15) is 0 Å². The number of aromatic hydroxyl groups is 1. The van der Waals surface area contributed by atoms with Crippen LogP contribution in [0.4, 0.5) is 5.82 Å². The molecule has 2 aromatic rings. The molecule has 5 heteroatoms. The van der Waals surface area contributed by atoms with Gasteiger partial charge in [0.2, 0.25) is 0 Å². The van der Waals surface area contributed by atoms with Crippen LogP contribution in [-0.2, 0) is 0 Å². The first-order chi connectivity index (χ1) is 11.6. The highest BCUT2D eigenvalue weighted by molar-refractivity contribution is 5.71. The molecule has 0 saturated carbocycles. The third-order valence-electron chi connectivity index (χ3n) is 4.72. The topological polar surface area (TPSA) is 69.5 Å². The number of aliphatic hydroxyl groups is 1. The summed E-state index contributed by atoms with van der Waals surface area (Å²) in [5.41, 5.74) is 3.44. The maximum atomic E-state index is 10.2. The second-order valence-corrected chi connectivity index (χ2v) is 6.74. The molecule has 0 spiro atoms. The van der Waals surface area contributed by atoms with Crippen molar-refractivity contribution in [1.82, 2.24) is 10.2 Å². The number of phenolic OH excluding ortho intramolecular Hbond substituents is 1. The normalized spacial score (nSPS) is 18.5. The van der Waals surface area contributed by atoms with E-state index in [1.807, 2.05) is 32.0 Å². The molecular weight excluding hydrogens is 302 g/mol. The Labute approximate surface area is 143 Å². The molecule has 0 aliphatic carbocycles. The minimum Gasteiger partial charge on any atom is -0.507 e. The van der Waals surface area contributed by atoms with Crippen molar-refractivity contribution in [2.75, 3.05) is 24.6 Å². The Morgan fingerprint density at radius 3 is 2.67 bits per heavy atom. The van der Waals surface area contributed by atoms with E-state index in [9.17, 15) is 10.2 Å². The first-order valence-electron chi connectivity index (χ1n) is 8.58. The summed E-state index contributed by atoms with van der Waals surface area (Å²) in [6.07, 6.45) is 3.32. The smallest absolute Gasteiger partial charge is 0.151 e. The summed E-state index contributed by atoms with van der Waals surface area (Å²) in [7, 11) is 0. The van der Waals surface area contributed by atoms with Gasteiger partial charge in [-0.15, -0.1) is 10.2 Å². The van der Waals surface area contributed by atoms with Gasteiger partial charge in [-0.1, -0.05) is 12.5 Å². The summed E-state index contributed by atoms with van der Waals surface area (Å²) in [6.45, 7) is 5.91. The van der Waals surface area contributed by atoms with E-state index >= 15 is 0 Å².